The highest BCUT2D eigenvalue weighted by Crippen LogP contribution is 2.31. The van der Waals surface area contributed by atoms with E-state index in [4.69, 9.17) is 0 Å². The number of aliphatic hydroxyl groups excluding tert-OH is 1. The Morgan fingerprint density at radius 3 is 2.13 bits per heavy atom. The van der Waals surface area contributed by atoms with Crippen LogP contribution in [0.25, 0.3) is 21.8 Å². The molecule has 1 aliphatic heterocycles. The van der Waals surface area contributed by atoms with Gasteiger partial charge in [0.1, 0.15) is 11.6 Å². The summed E-state index contributed by atoms with van der Waals surface area (Å²) >= 11 is 1.81. The summed E-state index contributed by atoms with van der Waals surface area (Å²) in [6.45, 7) is 2.97. The Balaban J connectivity index is 1.28. The van der Waals surface area contributed by atoms with E-state index in [1.54, 1.807) is 12.1 Å². The first-order valence-electron chi connectivity index (χ1n) is 11.3. The van der Waals surface area contributed by atoms with Gasteiger partial charge in [0.2, 0.25) is 0 Å². The van der Waals surface area contributed by atoms with E-state index in [-0.39, 0.29) is 11.6 Å². The first-order chi connectivity index (χ1) is 15.1. The largest absolute Gasteiger partial charge is 0.390 e. The average Bonchev–Trinajstić information content (AvgIpc) is 3.07. The number of benzene rings is 2. The van der Waals surface area contributed by atoms with E-state index in [9.17, 15) is 13.9 Å². The van der Waals surface area contributed by atoms with Crippen LogP contribution in [0.2, 0.25) is 0 Å². The molecular formula is C24H29F2N3OS. The van der Waals surface area contributed by atoms with Gasteiger partial charge in [0.05, 0.1) is 18.5 Å². The summed E-state index contributed by atoms with van der Waals surface area (Å²) in [7, 11) is 0. The van der Waals surface area contributed by atoms with Crippen LogP contribution < -0.4 is 0 Å². The van der Waals surface area contributed by atoms with Crippen LogP contribution in [-0.4, -0.2) is 56.5 Å². The van der Waals surface area contributed by atoms with E-state index in [2.05, 4.69) is 9.21 Å². The van der Waals surface area contributed by atoms with Crippen molar-refractivity contribution in [3.63, 3.8) is 0 Å². The minimum Gasteiger partial charge on any atom is -0.390 e. The molecule has 2 fully saturated rings. The van der Waals surface area contributed by atoms with Crippen molar-refractivity contribution in [2.75, 3.05) is 25.5 Å². The molecule has 0 bridgehead atoms. The van der Waals surface area contributed by atoms with E-state index in [0.29, 0.717) is 23.9 Å². The SMILES string of the molecule is OC(CN1CCN(C2CCCCC2)CS1)Cn1c2ccc(F)cc2c2cc(F)ccc21. The molecule has 1 atom stereocenters. The van der Waals surface area contributed by atoms with Crippen molar-refractivity contribution in [2.45, 2.75) is 50.8 Å². The number of halogens is 2. The standard InChI is InChI=1S/C24H29F2N3OS/c25-17-6-8-23-21(12-17)22-13-18(26)7-9-24(22)29(23)15-20(30)14-28-11-10-27(16-31-28)19-4-2-1-3-5-19/h6-9,12-13,19-20,30H,1-5,10-11,14-16H2. The number of hydrogen-bond donors (Lipinski definition) is 1. The Bertz CT molecular complexity index is 999. The molecule has 4 nitrogen and oxygen atoms in total. The maximum atomic E-state index is 13.8. The van der Waals surface area contributed by atoms with Crippen LogP contribution in [0.15, 0.2) is 36.4 Å². The Kier molecular flexibility index (Phi) is 6.19. The fourth-order valence-electron chi connectivity index (χ4n) is 5.15. The molecule has 5 rings (SSSR count). The van der Waals surface area contributed by atoms with Gasteiger partial charge in [-0.1, -0.05) is 31.2 Å². The van der Waals surface area contributed by atoms with Crippen LogP contribution in [0.4, 0.5) is 8.78 Å². The van der Waals surface area contributed by atoms with Gasteiger partial charge >= 0.3 is 0 Å². The van der Waals surface area contributed by atoms with Crippen LogP contribution in [0.5, 0.6) is 0 Å². The molecule has 31 heavy (non-hydrogen) atoms. The van der Waals surface area contributed by atoms with Gasteiger partial charge in [0, 0.05) is 47.5 Å². The van der Waals surface area contributed by atoms with E-state index in [1.165, 1.54) is 56.4 Å². The summed E-state index contributed by atoms with van der Waals surface area (Å²) < 4.78 is 31.9. The summed E-state index contributed by atoms with van der Waals surface area (Å²) in [5.74, 6) is 0.304. The minimum atomic E-state index is -0.567. The van der Waals surface area contributed by atoms with Gasteiger partial charge in [-0.05, 0) is 49.2 Å². The van der Waals surface area contributed by atoms with E-state index in [0.717, 1.165) is 36.0 Å². The molecule has 1 saturated carbocycles. The molecule has 0 amide bonds. The number of aromatic nitrogens is 1. The highest BCUT2D eigenvalue weighted by Gasteiger charge is 2.27. The summed E-state index contributed by atoms with van der Waals surface area (Å²) in [5, 5.41) is 12.2. The zero-order valence-electron chi connectivity index (χ0n) is 17.6. The molecule has 1 aromatic heterocycles. The Hall–Kier alpha value is -1.67. The molecule has 1 aliphatic carbocycles. The molecule has 3 aromatic rings. The summed E-state index contributed by atoms with van der Waals surface area (Å²) in [5.41, 5.74) is 1.63. The number of nitrogens with zero attached hydrogens (tertiary/aromatic N) is 3. The van der Waals surface area contributed by atoms with E-state index < -0.39 is 6.10 Å². The second-order valence-electron chi connectivity index (χ2n) is 8.84. The van der Waals surface area contributed by atoms with Gasteiger partial charge in [0.15, 0.2) is 0 Å². The first kappa shape index (κ1) is 21.2. The van der Waals surface area contributed by atoms with Gasteiger partial charge in [-0.3, -0.25) is 4.90 Å². The lowest BCUT2D eigenvalue weighted by molar-refractivity contribution is 0.115. The molecule has 0 spiro atoms. The highest BCUT2D eigenvalue weighted by atomic mass is 32.2. The third-order valence-electron chi connectivity index (χ3n) is 6.73. The Morgan fingerprint density at radius 2 is 1.55 bits per heavy atom. The topological polar surface area (TPSA) is 31.6 Å². The van der Waals surface area contributed by atoms with E-state index >= 15 is 0 Å². The van der Waals surface area contributed by atoms with Crippen LogP contribution in [0, 0.1) is 11.6 Å². The maximum Gasteiger partial charge on any atom is 0.123 e. The quantitative estimate of drug-likeness (QED) is 0.561. The third kappa shape index (κ3) is 4.46. The normalized spacial score (nSPS) is 20.6. The van der Waals surface area contributed by atoms with Crippen molar-refractivity contribution in [3.8, 4) is 0 Å². The monoisotopic (exact) mass is 445 g/mol. The maximum absolute atomic E-state index is 13.8. The number of rotatable bonds is 5. The van der Waals surface area contributed by atoms with Gasteiger partial charge < -0.3 is 9.67 Å². The zero-order valence-corrected chi connectivity index (χ0v) is 18.5. The number of aliphatic hydroxyl groups is 1. The van der Waals surface area contributed by atoms with Crippen molar-refractivity contribution in [1.29, 1.82) is 0 Å². The van der Waals surface area contributed by atoms with Crippen LogP contribution >= 0.6 is 11.9 Å². The van der Waals surface area contributed by atoms with Crippen molar-refractivity contribution in [1.82, 2.24) is 13.8 Å². The Morgan fingerprint density at radius 1 is 0.903 bits per heavy atom. The van der Waals surface area contributed by atoms with Crippen LogP contribution in [-0.2, 0) is 6.54 Å². The predicted octanol–water partition coefficient (Wildman–Crippen LogP) is 4.99. The minimum absolute atomic E-state index is 0.344. The molecule has 2 aromatic carbocycles. The van der Waals surface area contributed by atoms with Gasteiger partial charge in [-0.15, -0.1) is 0 Å². The molecule has 2 heterocycles. The second kappa shape index (κ2) is 9.06. The van der Waals surface area contributed by atoms with E-state index in [1.807, 2.05) is 16.5 Å². The average molecular weight is 446 g/mol. The Labute approximate surface area is 185 Å². The molecule has 1 unspecified atom stereocenters. The van der Waals surface area contributed by atoms with Crippen LogP contribution in [0.3, 0.4) is 0 Å². The molecular weight excluding hydrogens is 416 g/mol. The van der Waals surface area contributed by atoms with Crippen molar-refractivity contribution >= 4 is 33.8 Å². The zero-order chi connectivity index (χ0) is 21.4. The fourth-order valence-corrected chi connectivity index (χ4v) is 6.29. The molecule has 7 heteroatoms. The smallest absolute Gasteiger partial charge is 0.123 e. The lowest BCUT2D eigenvalue weighted by atomic mass is 9.94. The molecule has 166 valence electrons. The summed E-state index contributed by atoms with van der Waals surface area (Å²) in [6, 6.07) is 9.88. The van der Waals surface area contributed by atoms with Crippen LogP contribution in [0.1, 0.15) is 32.1 Å². The lowest BCUT2D eigenvalue weighted by Crippen LogP contribution is -2.46. The summed E-state index contributed by atoms with van der Waals surface area (Å²) in [4.78, 5) is 2.60. The summed E-state index contributed by atoms with van der Waals surface area (Å²) in [6.07, 6.45) is 6.14. The lowest BCUT2D eigenvalue weighted by Gasteiger charge is -2.40. The predicted molar refractivity (Wildman–Crippen MR) is 123 cm³/mol. The number of hydrogen-bond acceptors (Lipinski definition) is 4. The third-order valence-corrected chi connectivity index (χ3v) is 7.87. The molecule has 1 N–H and O–H groups in total. The molecule has 0 radical (unpaired) electrons. The number of fused-ring (bicyclic) bond motifs is 3. The van der Waals surface area contributed by atoms with Gasteiger partial charge in [0.25, 0.3) is 0 Å². The van der Waals surface area contributed by atoms with Gasteiger partial charge in [-0.25, -0.2) is 13.1 Å². The second-order valence-corrected chi connectivity index (χ2v) is 9.87. The van der Waals surface area contributed by atoms with Crippen molar-refractivity contribution in [3.05, 3.63) is 48.0 Å². The molecule has 2 aliphatic rings. The first-order valence-corrected chi connectivity index (χ1v) is 12.2. The van der Waals surface area contributed by atoms with Gasteiger partial charge in [-0.2, -0.15) is 0 Å². The number of β-amino-alcohol motifs (C(OH)–C–C–N with tert-alkyl or cyclic N) is 1. The fraction of sp³-hybridized carbons (Fsp3) is 0.500. The van der Waals surface area contributed by atoms with Crippen molar-refractivity contribution < 1.29 is 13.9 Å². The van der Waals surface area contributed by atoms with Crippen molar-refractivity contribution in [2.24, 2.45) is 0 Å². The highest BCUT2D eigenvalue weighted by molar-refractivity contribution is 7.97. The molecule has 1 saturated heterocycles.